The van der Waals surface area contributed by atoms with Gasteiger partial charge in [-0.25, -0.2) is 0 Å². The van der Waals surface area contributed by atoms with Crippen molar-refractivity contribution in [1.82, 2.24) is 5.32 Å². The van der Waals surface area contributed by atoms with Crippen LogP contribution < -0.4 is 5.32 Å². The zero-order valence-corrected chi connectivity index (χ0v) is 13.3. The molecule has 0 amide bonds. The van der Waals surface area contributed by atoms with Gasteiger partial charge in [0.15, 0.2) is 0 Å². The molecule has 112 valence electrons. The lowest BCUT2D eigenvalue weighted by molar-refractivity contribution is 0.170. The first-order chi connectivity index (χ1) is 10.0. The van der Waals surface area contributed by atoms with Crippen molar-refractivity contribution in [3.63, 3.8) is 0 Å². The number of hydrogen-bond donors (Lipinski definition) is 2. The van der Waals surface area contributed by atoms with Crippen LogP contribution in [-0.2, 0) is 6.42 Å². The Hall–Kier alpha value is -1.35. The molecule has 0 aromatic heterocycles. The van der Waals surface area contributed by atoms with E-state index in [9.17, 15) is 5.11 Å². The molecule has 21 heavy (non-hydrogen) atoms. The van der Waals surface area contributed by atoms with E-state index < -0.39 is 6.10 Å². The van der Waals surface area contributed by atoms with E-state index in [1.54, 1.807) is 6.07 Å². The maximum absolute atomic E-state index is 10.2. The van der Waals surface area contributed by atoms with E-state index >= 15 is 0 Å². The van der Waals surface area contributed by atoms with Crippen molar-refractivity contribution in [2.75, 3.05) is 6.54 Å². The van der Waals surface area contributed by atoms with Gasteiger partial charge in [-0.2, -0.15) is 0 Å². The third-order valence-electron chi connectivity index (χ3n) is 3.56. The Morgan fingerprint density at radius 1 is 1.14 bits per heavy atom. The fourth-order valence-electron chi connectivity index (χ4n) is 2.29. The van der Waals surface area contributed by atoms with E-state index in [2.05, 4.69) is 43.4 Å². The molecular formula is C18H22ClNO. The molecule has 2 nitrogen and oxygen atoms in total. The van der Waals surface area contributed by atoms with Crippen molar-refractivity contribution < 1.29 is 5.11 Å². The molecule has 1 unspecified atom stereocenters. The lowest BCUT2D eigenvalue weighted by atomic mass is 10.0. The molecule has 0 saturated heterocycles. The molecule has 0 aliphatic heterocycles. The van der Waals surface area contributed by atoms with Crippen LogP contribution >= 0.6 is 11.6 Å². The van der Waals surface area contributed by atoms with Gasteiger partial charge in [0.05, 0.1) is 6.10 Å². The molecule has 0 saturated carbocycles. The quantitative estimate of drug-likeness (QED) is 0.848. The molecule has 2 aromatic carbocycles. The van der Waals surface area contributed by atoms with Gasteiger partial charge in [-0.15, -0.1) is 0 Å². The Labute approximate surface area is 131 Å². The predicted molar refractivity (Wildman–Crippen MR) is 88.8 cm³/mol. The fraction of sp³-hybridized carbons (Fsp3) is 0.333. The minimum atomic E-state index is -0.538. The van der Waals surface area contributed by atoms with E-state index in [4.69, 9.17) is 11.6 Å². The van der Waals surface area contributed by atoms with Gasteiger partial charge in [-0.05, 0) is 43.5 Å². The molecule has 2 N–H and O–H groups in total. The third kappa shape index (κ3) is 5.16. The zero-order valence-electron chi connectivity index (χ0n) is 12.5. The summed E-state index contributed by atoms with van der Waals surface area (Å²) in [5.41, 5.74) is 3.42. The summed E-state index contributed by atoms with van der Waals surface area (Å²) in [5.74, 6) is 0. The van der Waals surface area contributed by atoms with Crippen molar-refractivity contribution in [2.45, 2.75) is 32.4 Å². The number of nitrogens with one attached hydrogen (secondary N) is 1. The molecule has 2 aromatic rings. The average Bonchev–Trinajstić information content (AvgIpc) is 2.47. The van der Waals surface area contributed by atoms with Crippen molar-refractivity contribution in [1.29, 1.82) is 0 Å². The highest BCUT2D eigenvalue weighted by atomic mass is 35.5. The van der Waals surface area contributed by atoms with Gasteiger partial charge in [0.1, 0.15) is 0 Å². The average molecular weight is 304 g/mol. The second kappa shape index (κ2) is 7.60. The summed E-state index contributed by atoms with van der Waals surface area (Å²) >= 11 is 5.94. The number of aryl methyl sites for hydroxylation is 1. The summed E-state index contributed by atoms with van der Waals surface area (Å²) in [6, 6.07) is 16.2. The Bertz CT molecular complexity index is 568. The molecule has 0 bridgehead atoms. The maximum atomic E-state index is 10.2. The summed E-state index contributed by atoms with van der Waals surface area (Å²) in [7, 11) is 0. The van der Waals surface area contributed by atoms with Gasteiger partial charge in [0.25, 0.3) is 0 Å². The molecule has 0 aliphatic rings. The molecule has 0 heterocycles. The van der Waals surface area contributed by atoms with Crippen LogP contribution in [0.1, 0.15) is 29.7 Å². The summed E-state index contributed by atoms with van der Waals surface area (Å²) in [6.45, 7) is 4.74. The van der Waals surface area contributed by atoms with Crippen molar-refractivity contribution in [3.05, 3.63) is 70.2 Å². The number of rotatable bonds is 6. The van der Waals surface area contributed by atoms with Gasteiger partial charge >= 0.3 is 0 Å². The molecule has 2 rings (SSSR count). The molecule has 0 radical (unpaired) electrons. The van der Waals surface area contributed by atoms with Crippen molar-refractivity contribution >= 4 is 11.6 Å². The SMILES string of the molecule is Cc1ccc(CC(C)NC[C@H](O)c2cccc(Cl)c2)cc1. The molecule has 2 atom stereocenters. The highest BCUT2D eigenvalue weighted by Crippen LogP contribution is 2.17. The Balaban J connectivity index is 1.83. The number of halogens is 1. The second-order valence-corrected chi connectivity index (χ2v) is 6.01. The van der Waals surface area contributed by atoms with E-state index in [-0.39, 0.29) is 0 Å². The summed E-state index contributed by atoms with van der Waals surface area (Å²) in [4.78, 5) is 0. The molecule has 3 heteroatoms. The first kappa shape index (κ1) is 16.0. The number of aliphatic hydroxyl groups excluding tert-OH is 1. The minimum Gasteiger partial charge on any atom is -0.387 e. The minimum absolute atomic E-state index is 0.307. The highest BCUT2D eigenvalue weighted by Gasteiger charge is 2.10. The zero-order chi connectivity index (χ0) is 15.2. The van der Waals surface area contributed by atoms with Gasteiger partial charge in [-0.1, -0.05) is 53.6 Å². The van der Waals surface area contributed by atoms with Crippen LogP contribution in [-0.4, -0.2) is 17.7 Å². The molecular weight excluding hydrogens is 282 g/mol. The Morgan fingerprint density at radius 2 is 1.86 bits per heavy atom. The highest BCUT2D eigenvalue weighted by molar-refractivity contribution is 6.30. The Kier molecular flexibility index (Phi) is 5.80. The van der Waals surface area contributed by atoms with Crippen molar-refractivity contribution in [3.8, 4) is 0 Å². The summed E-state index contributed by atoms with van der Waals surface area (Å²) in [5, 5.41) is 14.2. The van der Waals surface area contributed by atoms with Gasteiger partial charge < -0.3 is 10.4 Å². The van der Waals surface area contributed by atoms with Crippen LogP contribution in [0.5, 0.6) is 0 Å². The van der Waals surface area contributed by atoms with Crippen LogP contribution in [0.3, 0.4) is 0 Å². The summed E-state index contributed by atoms with van der Waals surface area (Å²) < 4.78 is 0. The topological polar surface area (TPSA) is 32.3 Å². The van der Waals surface area contributed by atoms with Gasteiger partial charge in [0, 0.05) is 17.6 Å². The lowest BCUT2D eigenvalue weighted by Gasteiger charge is -2.18. The van der Waals surface area contributed by atoms with E-state index in [1.165, 1.54) is 11.1 Å². The standard InChI is InChI=1S/C18H22ClNO/c1-13-6-8-15(9-7-13)10-14(2)20-12-18(21)16-4-3-5-17(19)11-16/h3-9,11,14,18,20-21H,10,12H2,1-2H3/t14?,18-/m0/s1. The van der Waals surface area contributed by atoms with Gasteiger partial charge in [-0.3, -0.25) is 0 Å². The Morgan fingerprint density at radius 3 is 2.52 bits per heavy atom. The van der Waals surface area contributed by atoms with E-state index in [1.807, 2.05) is 18.2 Å². The lowest BCUT2D eigenvalue weighted by Crippen LogP contribution is -2.32. The molecule has 0 spiro atoms. The molecule has 0 fully saturated rings. The fourth-order valence-corrected chi connectivity index (χ4v) is 2.49. The smallest absolute Gasteiger partial charge is 0.0914 e. The van der Waals surface area contributed by atoms with Crippen LogP contribution in [0.4, 0.5) is 0 Å². The van der Waals surface area contributed by atoms with E-state index in [0.717, 1.165) is 12.0 Å². The third-order valence-corrected chi connectivity index (χ3v) is 3.79. The van der Waals surface area contributed by atoms with E-state index in [0.29, 0.717) is 17.6 Å². The first-order valence-electron chi connectivity index (χ1n) is 7.27. The van der Waals surface area contributed by atoms with Gasteiger partial charge in [0.2, 0.25) is 0 Å². The number of hydrogen-bond acceptors (Lipinski definition) is 2. The molecule has 0 aliphatic carbocycles. The second-order valence-electron chi connectivity index (χ2n) is 5.57. The monoisotopic (exact) mass is 303 g/mol. The largest absolute Gasteiger partial charge is 0.387 e. The van der Waals surface area contributed by atoms with Crippen LogP contribution in [0.25, 0.3) is 0 Å². The van der Waals surface area contributed by atoms with Crippen LogP contribution in [0, 0.1) is 6.92 Å². The van der Waals surface area contributed by atoms with Crippen LogP contribution in [0.2, 0.25) is 5.02 Å². The number of benzene rings is 2. The normalized spacial score (nSPS) is 13.9. The van der Waals surface area contributed by atoms with Crippen LogP contribution in [0.15, 0.2) is 48.5 Å². The van der Waals surface area contributed by atoms with Crippen molar-refractivity contribution in [2.24, 2.45) is 0 Å². The predicted octanol–water partition coefficient (Wildman–Crippen LogP) is 3.90. The summed E-state index contributed by atoms with van der Waals surface area (Å²) in [6.07, 6.45) is 0.409. The first-order valence-corrected chi connectivity index (χ1v) is 7.65. The maximum Gasteiger partial charge on any atom is 0.0914 e. The number of aliphatic hydroxyl groups is 1.